The van der Waals surface area contributed by atoms with Gasteiger partial charge >= 0.3 is 0 Å². The van der Waals surface area contributed by atoms with Crippen LogP contribution in [0.15, 0.2) is 41.3 Å². The average molecular weight is 478 g/mol. The first kappa shape index (κ1) is 23.0. The summed E-state index contributed by atoms with van der Waals surface area (Å²) in [6.45, 7) is 2.87. The zero-order valence-electron chi connectivity index (χ0n) is 18.1. The zero-order chi connectivity index (χ0) is 22.9. The third-order valence-corrected chi connectivity index (χ3v) is 8.58. The number of hydrogen-bond donors (Lipinski definition) is 1. The van der Waals surface area contributed by atoms with Crippen molar-refractivity contribution in [2.75, 3.05) is 26.2 Å². The Morgan fingerprint density at radius 3 is 2.22 bits per heavy atom. The fourth-order valence-electron chi connectivity index (χ4n) is 4.68. The van der Waals surface area contributed by atoms with Crippen molar-refractivity contribution in [3.8, 4) is 0 Å². The van der Waals surface area contributed by atoms with Crippen molar-refractivity contribution in [2.24, 2.45) is 5.92 Å². The Morgan fingerprint density at radius 1 is 0.938 bits per heavy atom. The number of rotatable bonds is 4. The van der Waals surface area contributed by atoms with E-state index >= 15 is 0 Å². The summed E-state index contributed by atoms with van der Waals surface area (Å²) in [6.07, 6.45) is 3.11. The van der Waals surface area contributed by atoms with Crippen LogP contribution in [-0.4, -0.2) is 61.7 Å². The third-order valence-electron chi connectivity index (χ3n) is 6.45. The molecule has 2 aromatic carbocycles. The van der Waals surface area contributed by atoms with Gasteiger partial charge in [-0.3, -0.25) is 9.59 Å². The molecule has 1 N–H and O–H groups in total. The number of fused-ring (bicyclic) bond motifs is 1. The molecule has 0 bridgehead atoms. The number of piperazine rings is 1. The van der Waals surface area contributed by atoms with E-state index in [1.807, 2.05) is 6.07 Å². The SMILES string of the molecule is CC(=O)N[C@H]1CC[C@H](C(=O)N2CCN(S(=O)(=O)c3ccc4cc(Cl)ccc4c3)CC2)CC1. The summed E-state index contributed by atoms with van der Waals surface area (Å²) in [6, 6.07) is 10.6. The molecular formula is C23H28ClN3O4S. The van der Waals surface area contributed by atoms with E-state index in [2.05, 4.69) is 5.32 Å². The topological polar surface area (TPSA) is 86.8 Å². The van der Waals surface area contributed by atoms with Crippen molar-refractivity contribution in [1.82, 2.24) is 14.5 Å². The highest BCUT2D eigenvalue weighted by Gasteiger charge is 2.34. The summed E-state index contributed by atoms with van der Waals surface area (Å²) < 4.78 is 27.8. The van der Waals surface area contributed by atoms with Gasteiger partial charge in [0.25, 0.3) is 0 Å². The maximum atomic E-state index is 13.2. The number of sulfonamides is 1. The fraction of sp³-hybridized carbons (Fsp3) is 0.478. The van der Waals surface area contributed by atoms with E-state index < -0.39 is 10.0 Å². The van der Waals surface area contributed by atoms with Crippen LogP contribution in [0.4, 0.5) is 0 Å². The Bertz CT molecular complexity index is 1120. The van der Waals surface area contributed by atoms with E-state index in [1.54, 1.807) is 35.2 Å². The van der Waals surface area contributed by atoms with Crippen LogP contribution in [0.25, 0.3) is 10.8 Å². The first-order valence-corrected chi connectivity index (χ1v) is 12.8. The highest BCUT2D eigenvalue weighted by atomic mass is 35.5. The molecule has 9 heteroatoms. The Hall–Kier alpha value is -2.16. The van der Waals surface area contributed by atoms with E-state index in [9.17, 15) is 18.0 Å². The first-order chi connectivity index (χ1) is 15.2. The minimum Gasteiger partial charge on any atom is -0.354 e. The molecule has 0 atom stereocenters. The van der Waals surface area contributed by atoms with Crippen LogP contribution >= 0.6 is 11.6 Å². The molecule has 1 heterocycles. The average Bonchev–Trinajstić information content (AvgIpc) is 2.78. The second-order valence-electron chi connectivity index (χ2n) is 8.63. The van der Waals surface area contributed by atoms with Crippen molar-refractivity contribution in [3.05, 3.63) is 41.4 Å². The zero-order valence-corrected chi connectivity index (χ0v) is 19.7. The third kappa shape index (κ3) is 4.92. The summed E-state index contributed by atoms with van der Waals surface area (Å²) >= 11 is 6.02. The second kappa shape index (κ2) is 9.37. The lowest BCUT2D eigenvalue weighted by molar-refractivity contribution is -0.137. The van der Waals surface area contributed by atoms with Crippen LogP contribution in [0.2, 0.25) is 5.02 Å². The molecule has 2 aliphatic rings. The molecule has 1 saturated carbocycles. The van der Waals surface area contributed by atoms with Gasteiger partial charge in [-0.15, -0.1) is 0 Å². The number of nitrogens with zero attached hydrogens (tertiary/aromatic N) is 2. The summed E-state index contributed by atoms with van der Waals surface area (Å²) in [5.41, 5.74) is 0. The fourth-order valence-corrected chi connectivity index (χ4v) is 6.32. The Labute approximate surface area is 193 Å². The largest absolute Gasteiger partial charge is 0.354 e. The van der Waals surface area contributed by atoms with E-state index in [4.69, 9.17) is 11.6 Å². The van der Waals surface area contributed by atoms with Crippen LogP contribution in [-0.2, 0) is 19.6 Å². The molecule has 7 nitrogen and oxygen atoms in total. The van der Waals surface area contributed by atoms with E-state index in [0.717, 1.165) is 36.5 Å². The molecule has 4 rings (SSSR count). The molecule has 0 spiro atoms. The number of carbonyl (C=O) groups is 2. The number of hydrogen-bond acceptors (Lipinski definition) is 4. The molecule has 1 aliphatic heterocycles. The standard InChI is InChI=1S/C23H28ClN3O4S/c1-16(28)25-21-7-3-17(4-8-21)23(29)26-10-12-27(13-11-26)32(30,31)22-9-5-18-14-20(24)6-2-19(18)15-22/h2,5-6,9,14-15,17,21H,3-4,7-8,10-13H2,1H3,(H,25,28)/t17-,21-. The number of halogens is 1. The molecule has 32 heavy (non-hydrogen) atoms. The second-order valence-corrected chi connectivity index (χ2v) is 11.0. The number of carbonyl (C=O) groups excluding carboxylic acids is 2. The first-order valence-electron chi connectivity index (χ1n) is 11.0. The van der Waals surface area contributed by atoms with Crippen LogP contribution in [0.3, 0.4) is 0 Å². The smallest absolute Gasteiger partial charge is 0.243 e. The maximum Gasteiger partial charge on any atom is 0.243 e. The molecule has 2 aromatic rings. The summed E-state index contributed by atoms with van der Waals surface area (Å²) in [4.78, 5) is 26.2. The van der Waals surface area contributed by atoms with Crippen LogP contribution < -0.4 is 5.32 Å². The monoisotopic (exact) mass is 477 g/mol. The maximum absolute atomic E-state index is 13.2. The van der Waals surface area contributed by atoms with Gasteiger partial charge in [0, 0.05) is 50.1 Å². The van der Waals surface area contributed by atoms with Crippen LogP contribution in [0, 0.1) is 5.92 Å². The van der Waals surface area contributed by atoms with Gasteiger partial charge in [-0.1, -0.05) is 23.7 Å². The van der Waals surface area contributed by atoms with Crippen molar-refractivity contribution < 1.29 is 18.0 Å². The molecule has 0 radical (unpaired) electrons. The quantitative estimate of drug-likeness (QED) is 0.733. The molecule has 1 aliphatic carbocycles. The predicted octanol–water partition coefficient (Wildman–Crippen LogP) is 3.02. The molecule has 172 valence electrons. The summed E-state index contributed by atoms with van der Waals surface area (Å²) in [5.74, 6) is 0.0219. The Kier molecular flexibility index (Phi) is 6.74. The van der Waals surface area contributed by atoms with Gasteiger partial charge in [0.1, 0.15) is 0 Å². The van der Waals surface area contributed by atoms with Crippen molar-refractivity contribution in [1.29, 1.82) is 0 Å². The minimum atomic E-state index is -3.63. The van der Waals surface area contributed by atoms with Gasteiger partial charge in [-0.25, -0.2) is 8.42 Å². The van der Waals surface area contributed by atoms with Crippen molar-refractivity contribution in [2.45, 2.75) is 43.5 Å². The van der Waals surface area contributed by atoms with Gasteiger partial charge in [0.2, 0.25) is 21.8 Å². The van der Waals surface area contributed by atoms with E-state index in [-0.39, 0.29) is 41.8 Å². The van der Waals surface area contributed by atoms with Crippen LogP contribution in [0.5, 0.6) is 0 Å². The molecule has 0 aromatic heterocycles. The minimum absolute atomic E-state index is 0.0349. The Morgan fingerprint density at radius 2 is 1.56 bits per heavy atom. The highest BCUT2D eigenvalue weighted by molar-refractivity contribution is 7.89. The van der Waals surface area contributed by atoms with Gasteiger partial charge in [-0.2, -0.15) is 4.31 Å². The normalized spacial score (nSPS) is 22.6. The van der Waals surface area contributed by atoms with E-state index in [1.165, 1.54) is 11.2 Å². The lowest BCUT2D eigenvalue weighted by Crippen LogP contribution is -2.52. The summed E-state index contributed by atoms with van der Waals surface area (Å²) in [5, 5.41) is 5.25. The number of nitrogens with one attached hydrogen (secondary N) is 1. The Balaban J connectivity index is 1.36. The summed E-state index contributed by atoms with van der Waals surface area (Å²) in [7, 11) is -3.63. The number of benzene rings is 2. The molecule has 2 amide bonds. The van der Waals surface area contributed by atoms with Gasteiger partial charge < -0.3 is 10.2 Å². The van der Waals surface area contributed by atoms with E-state index in [0.29, 0.717) is 18.1 Å². The van der Waals surface area contributed by atoms with Gasteiger partial charge in [-0.05, 0) is 60.7 Å². The van der Waals surface area contributed by atoms with Gasteiger partial charge in [0.15, 0.2) is 0 Å². The molecule has 0 unspecified atom stereocenters. The lowest BCUT2D eigenvalue weighted by Gasteiger charge is -2.37. The molecule has 1 saturated heterocycles. The molecule has 2 fully saturated rings. The molecular weight excluding hydrogens is 450 g/mol. The van der Waals surface area contributed by atoms with Crippen molar-refractivity contribution in [3.63, 3.8) is 0 Å². The highest BCUT2D eigenvalue weighted by Crippen LogP contribution is 2.28. The van der Waals surface area contributed by atoms with Gasteiger partial charge in [0.05, 0.1) is 4.90 Å². The van der Waals surface area contributed by atoms with Crippen LogP contribution in [0.1, 0.15) is 32.6 Å². The number of amides is 2. The van der Waals surface area contributed by atoms with Crippen molar-refractivity contribution >= 4 is 44.2 Å². The lowest BCUT2D eigenvalue weighted by atomic mass is 9.85. The predicted molar refractivity (Wildman–Crippen MR) is 124 cm³/mol.